The zero-order valence-corrected chi connectivity index (χ0v) is 10.1. The number of nitrogens with two attached hydrogens (primary N) is 1. The minimum Gasteiger partial charge on any atom is -0.333 e. The number of rotatable bonds is 4. The number of halogens is 2. The second kappa shape index (κ2) is 5.27. The minimum atomic E-state index is -0.597. The molecule has 0 saturated carbocycles. The number of aryl methyl sites for hydroxylation is 1. The van der Waals surface area contributed by atoms with Gasteiger partial charge in [0.1, 0.15) is 17.5 Å². The predicted molar refractivity (Wildman–Crippen MR) is 64.9 cm³/mol. The van der Waals surface area contributed by atoms with Gasteiger partial charge in [0.15, 0.2) is 0 Å². The molecule has 0 amide bonds. The molecular weight excluding hydrogens is 236 g/mol. The smallest absolute Gasteiger partial charge is 0.128 e. The fourth-order valence-corrected chi connectivity index (χ4v) is 1.93. The van der Waals surface area contributed by atoms with E-state index in [2.05, 4.69) is 4.98 Å². The normalized spacial score (nSPS) is 12.7. The summed E-state index contributed by atoms with van der Waals surface area (Å²) >= 11 is 0. The van der Waals surface area contributed by atoms with Crippen molar-refractivity contribution in [2.75, 3.05) is 0 Å². The summed E-state index contributed by atoms with van der Waals surface area (Å²) in [6.45, 7) is 2.36. The van der Waals surface area contributed by atoms with Crippen LogP contribution >= 0.6 is 0 Å². The molecule has 1 aromatic heterocycles. The van der Waals surface area contributed by atoms with E-state index in [0.29, 0.717) is 6.54 Å². The molecule has 0 aliphatic rings. The van der Waals surface area contributed by atoms with Crippen LogP contribution in [0.2, 0.25) is 0 Å². The highest BCUT2D eigenvalue weighted by Gasteiger charge is 2.14. The van der Waals surface area contributed by atoms with E-state index in [0.717, 1.165) is 30.4 Å². The highest BCUT2D eigenvalue weighted by molar-refractivity contribution is 5.22. The molecule has 1 unspecified atom stereocenters. The predicted octanol–water partition coefficient (Wildman–Crippen LogP) is 2.42. The van der Waals surface area contributed by atoms with Gasteiger partial charge in [0.25, 0.3) is 0 Å². The zero-order chi connectivity index (χ0) is 13.1. The van der Waals surface area contributed by atoms with Crippen LogP contribution in [0.4, 0.5) is 8.78 Å². The lowest BCUT2D eigenvalue weighted by Gasteiger charge is -2.15. The van der Waals surface area contributed by atoms with Crippen LogP contribution in [0.15, 0.2) is 30.6 Å². The molecule has 18 heavy (non-hydrogen) atoms. The van der Waals surface area contributed by atoms with E-state index in [1.54, 1.807) is 12.4 Å². The fourth-order valence-electron chi connectivity index (χ4n) is 1.93. The van der Waals surface area contributed by atoms with Crippen LogP contribution in [-0.4, -0.2) is 9.55 Å². The zero-order valence-electron chi connectivity index (χ0n) is 10.1. The van der Waals surface area contributed by atoms with E-state index in [1.165, 1.54) is 0 Å². The van der Waals surface area contributed by atoms with Crippen molar-refractivity contribution in [2.45, 2.75) is 25.9 Å². The maximum Gasteiger partial charge on any atom is 0.128 e. The molecule has 0 radical (unpaired) electrons. The number of nitrogens with zero attached hydrogens (tertiary/aromatic N) is 2. The standard InChI is InChI=1S/C13H15F2N3/c1-2-13-17-5-6-18(13)8-12(16)10-7-9(14)3-4-11(10)15/h3-7,12H,2,8,16H2,1H3. The first-order valence-electron chi connectivity index (χ1n) is 5.82. The van der Waals surface area contributed by atoms with Gasteiger partial charge in [-0.15, -0.1) is 0 Å². The fraction of sp³-hybridized carbons (Fsp3) is 0.308. The third-order valence-corrected chi connectivity index (χ3v) is 2.87. The van der Waals surface area contributed by atoms with Crippen molar-refractivity contribution < 1.29 is 8.78 Å². The molecule has 2 N–H and O–H groups in total. The van der Waals surface area contributed by atoms with Gasteiger partial charge < -0.3 is 10.3 Å². The summed E-state index contributed by atoms with van der Waals surface area (Å²) < 4.78 is 28.5. The Labute approximate surface area is 104 Å². The van der Waals surface area contributed by atoms with Crippen molar-refractivity contribution in [3.05, 3.63) is 53.6 Å². The number of hydrogen-bond acceptors (Lipinski definition) is 2. The first kappa shape index (κ1) is 12.7. The van der Waals surface area contributed by atoms with E-state index < -0.39 is 17.7 Å². The van der Waals surface area contributed by atoms with Crippen molar-refractivity contribution in [3.63, 3.8) is 0 Å². The van der Waals surface area contributed by atoms with Gasteiger partial charge in [-0.25, -0.2) is 13.8 Å². The Morgan fingerprint density at radius 1 is 1.39 bits per heavy atom. The van der Waals surface area contributed by atoms with Crippen molar-refractivity contribution in [3.8, 4) is 0 Å². The molecule has 3 nitrogen and oxygen atoms in total. The number of hydrogen-bond donors (Lipinski definition) is 1. The summed E-state index contributed by atoms with van der Waals surface area (Å²) in [6, 6.07) is 2.72. The number of benzene rings is 1. The van der Waals surface area contributed by atoms with Crippen molar-refractivity contribution in [1.29, 1.82) is 0 Å². The molecule has 0 aliphatic carbocycles. The minimum absolute atomic E-state index is 0.186. The summed E-state index contributed by atoms with van der Waals surface area (Å²) in [5.74, 6) is -0.0903. The van der Waals surface area contributed by atoms with E-state index in [-0.39, 0.29) is 5.56 Å². The molecule has 2 rings (SSSR count). The molecule has 0 fully saturated rings. The van der Waals surface area contributed by atoms with E-state index >= 15 is 0 Å². The maximum absolute atomic E-state index is 13.6. The van der Waals surface area contributed by atoms with E-state index in [4.69, 9.17) is 5.73 Å². The van der Waals surface area contributed by atoms with Gasteiger partial charge in [-0.3, -0.25) is 0 Å². The van der Waals surface area contributed by atoms with E-state index in [9.17, 15) is 8.78 Å². The van der Waals surface area contributed by atoms with Gasteiger partial charge in [0.2, 0.25) is 0 Å². The molecule has 0 spiro atoms. The third kappa shape index (κ3) is 2.56. The number of imidazole rings is 1. The summed E-state index contributed by atoms with van der Waals surface area (Å²) in [4.78, 5) is 4.16. The van der Waals surface area contributed by atoms with Crippen molar-refractivity contribution in [2.24, 2.45) is 5.73 Å². The van der Waals surface area contributed by atoms with Crippen molar-refractivity contribution >= 4 is 0 Å². The first-order valence-corrected chi connectivity index (χ1v) is 5.82. The SMILES string of the molecule is CCc1nccn1CC(N)c1cc(F)ccc1F. The van der Waals surface area contributed by atoms with Gasteiger partial charge in [0.05, 0.1) is 6.04 Å². The van der Waals surface area contributed by atoms with Crippen LogP contribution in [0.5, 0.6) is 0 Å². The lowest BCUT2D eigenvalue weighted by atomic mass is 10.1. The topological polar surface area (TPSA) is 43.8 Å². The van der Waals surface area contributed by atoms with Crippen LogP contribution in [0, 0.1) is 11.6 Å². The van der Waals surface area contributed by atoms with Crippen LogP contribution in [0.1, 0.15) is 24.4 Å². The largest absolute Gasteiger partial charge is 0.333 e. The van der Waals surface area contributed by atoms with Crippen LogP contribution in [-0.2, 0) is 13.0 Å². The summed E-state index contributed by atoms with van der Waals surface area (Å²) in [7, 11) is 0. The van der Waals surface area contributed by atoms with Crippen LogP contribution in [0.3, 0.4) is 0 Å². The van der Waals surface area contributed by atoms with Gasteiger partial charge in [0, 0.05) is 30.9 Å². The Balaban J connectivity index is 2.21. The Morgan fingerprint density at radius 2 is 2.17 bits per heavy atom. The van der Waals surface area contributed by atoms with Crippen LogP contribution in [0.25, 0.3) is 0 Å². The molecule has 2 aromatic rings. The highest BCUT2D eigenvalue weighted by Crippen LogP contribution is 2.18. The average Bonchev–Trinajstić information content (AvgIpc) is 2.79. The maximum atomic E-state index is 13.6. The number of aromatic nitrogens is 2. The summed E-state index contributed by atoms with van der Waals surface area (Å²) in [5.41, 5.74) is 6.11. The Bertz CT molecular complexity index is 537. The second-order valence-electron chi connectivity index (χ2n) is 4.12. The molecule has 0 bridgehead atoms. The van der Waals surface area contributed by atoms with Gasteiger partial charge in [-0.1, -0.05) is 6.92 Å². The van der Waals surface area contributed by atoms with Crippen molar-refractivity contribution in [1.82, 2.24) is 9.55 Å². The van der Waals surface area contributed by atoms with Gasteiger partial charge >= 0.3 is 0 Å². The summed E-state index contributed by atoms with van der Waals surface area (Å²) in [6.07, 6.45) is 4.23. The quantitative estimate of drug-likeness (QED) is 0.907. The molecule has 0 saturated heterocycles. The monoisotopic (exact) mass is 251 g/mol. The lowest BCUT2D eigenvalue weighted by molar-refractivity contribution is 0.513. The molecule has 1 heterocycles. The molecular formula is C13H15F2N3. The van der Waals surface area contributed by atoms with E-state index in [1.807, 2.05) is 11.5 Å². The van der Waals surface area contributed by atoms with Crippen LogP contribution < -0.4 is 5.73 Å². The Kier molecular flexibility index (Phi) is 3.72. The second-order valence-corrected chi connectivity index (χ2v) is 4.12. The lowest BCUT2D eigenvalue weighted by Crippen LogP contribution is -2.20. The molecule has 96 valence electrons. The molecule has 1 aromatic carbocycles. The first-order chi connectivity index (χ1) is 8.61. The Morgan fingerprint density at radius 3 is 2.89 bits per heavy atom. The molecule has 5 heteroatoms. The van der Waals surface area contributed by atoms with Gasteiger partial charge in [-0.2, -0.15) is 0 Å². The Hall–Kier alpha value is -1.75. The highest BCUT2D eigenvalue weighted by atomic mass is 19.1. The molecule has 0 aliphatic heterocycles. The third-order valence-electron chi connectivity index (χ3n) is 2.87. The average molecular weight is 251 g/mol. The molecule has 1 atom stereocenters. The summed E-state index contributed by atoms with van der Waals surface area (Å²) in [5, 5.41) is 0. The van der Waals surface area contributed by atoms with Gasteiger partial charge in [-0.05, 0) is 18.2 Å².